The summed E-state index contributed by atoms with van der Waals surface area (Å²) in [5, 5.41) is 3.37. The highest BCUT2D eigenvalue weighted by Gasteiger charge is 2.02. The second kappa shape index (κ2) is 9.16. The van der Waals surface area contributed by atoms with Gasteiger partial charge in [0, 0.05) is 33.3 Å². The Morgan fingerprint density at radius 3 is 2.59 bits per heavy atom. The van der Waals surface area contributed by atoms with E-state index in [1.54, 1.807) is 7.11 Å². The smallest absolute Gasteiger partial charge is 0.0587 e. The Kier molecular flexibility index (Phi) is 7.63. The molecule has 0 spiro atoms. The van der Waals surface area contributed by atoms with Crippen LogP contribution in [0.4, 0.5) is 0 Å². The molecule has 0 fully saturated rings. The Balaban J connectivity index is 2.20. The summed E-state index contributed by atoms with van der Waals surface area (Å²) in [5.74, 6) is 0. The molecule has 0 bridgehead atoms. The molecule has 3 nitrogen and oxygen atoms in total. The van der Waals surface area contributed by atoms with Gasteiger partial charge in [0.25, 0.3) is 0 Å². The molecule has 0 aliphatic carbocycles. The molecular weight excluding hydrogens is 212 g/mol. The van der Waals surface area contributed by atoms with Crippen LogP contribution in [-0.4, -0.2) is 44.8 Å². The number of hydrogen-bond acceptors (Lipinski definition) is 3. The maximum absolute atomic E-state index is 4.99. The van der Waals surface area contributed by atoms with Crippen LogP contribution >= 0.6 is 0 Å². The zero-order valence-electron chi connectivity index (χ0n) is 11.0. The summed E-state index contributed by atoms with van der Waals surface area (Å²) < 4.78 is 4.99. The highest BCUT2D eigenvalue weighted by Crippen LogP contribution is 2.03. The Morgan fingerprint density at radius 1 is 1.18 bits per heavy atom. The van der Waals surface area contributed by atoms with Gasteiger partial charge < -0.3 is 10.1 Å². The molecule has 0 aliphatic rings. The summed E-state index contributed by atoms with van der Waals surface area (Å²) in [6, 6.07) is 10.6. The fourth-order valence-corrected chi connectivity index (χ4v) is 1.73. The van der Waals surface area contributed by atoms with E-state index in [4.69, 9.17) is 4.74 Å². The first-order valence-corrected chi connectivity index (χ1v) is 6.32. The first-order valence-electron chi connectivity index (χ1n) is 6.32. The van der Waals surface area contributed by atoms with Gasteiger partial charge in [0.2, 0.25) is 0 Å². The summed E-state index contributed by atoms with van der Waals surface area (Å²) in [4.78, 5) is 2.44. The zero-order valence-corrected chi connectivity index (χ0v) is 11.0. The molecule has 3 heteroatoms. The van der Waals surface area contributed by atoms with E-state index in [0.717, 1.165) is 39.3 Å². The van der Waals surface area contributed by atoms with Crippen LogP contribution in [-0.2, 0) is 11.3 Å². The van der Waals surface area contributed by atoms with Crippen molar-refractivity contribution < 1.29 is 4.74 Å². The van der Waals surface area contributed by atoms with Crippen molar-refractivity contribution in [1.29, 1.82) is 0 Å². The molecular formula is C14H24N2O. The van der Waals surface area contributed by atoms with E-state index in [-0.39, 0.29) is 0 Å². The lowest BCUT2D eigenvalue weighted by molar-refractivity contribution is 0.196. The normalized spacial score (nSPS) is 11.0. The molecule has 0 unspecified atom stereocenters. The van der Waals surface area contributed by atoms with Gasteiger partial charge in [-0.2, -0.15) is 0 Å². The molecule has 1 aromatic rings. The zero-order chi connectivity index (χ0) is 12.3. The minimum absolute atomic E-state index is 0.783. The number of rotatable bonds is 9. The average molecular weight is 236 g/mol. The summed E-state index contributed by atoms with van der Waals surface area (Å²) >= 11 is 0. The minimum atomic E-state index is 0.783. The predicted octanol–water partition coefficient (Wildman–Crippen LogP) is 1.74. The molecule has 1 rings (SSSR count). The van der Waals surface area contributed by atoms with E-state index in [1.807, 2.05) is 0 Å². The van der Waals surface area contributed by atoms with Crippen LogP contribution in [0.5, 0.6) is 0 Å². The van der Waals surface area contributed by atoms with Gasteiger partial charge in [0.1, 0.15) is 0 Å². The number of methoxy groups -OCH3 is 1. The van der Waals surface area contributed by atoms with E-state index in [9.17, 15) is 0 Å². The molecule has 0 radical (unpaired) electrons. The van der Waals surface area contributed by atoms with Gasteiger partial charge in [0.05, 0.1) is 6.61 Å². The lowest BCUT2D eigenvalue weighted by atomic mass is 10.2. The van der Waals surface area contributed by atoms with Crippen molar-refractivity contribution in [3.63, 3.8) is 0 Å². The molecule has 0 saturated carbocycles. The van der Waals surface area contributed by atoms with Gasteiger partial charge in [-0.25, -0.2) is 0 Å². The standard InChI is InChI=1S/C14H24N2O/c1-3-16(11-9-15-10-12-17-2)13-14-7-5-4-6-8-14/h4-8,15H,3,9-13H2,1-2H3. The minimum Gasteiger partial charge on any atom is -0.383 e. The summed E-state index contributed by atoms with van der Waals surface area (Å²) in [5.41, 5.74) is 1.38. The van der Waals surface area contributed by atoms with E-state index in [1.165, 1.54) is 5.56 Å². The van der Waals surface area contributed by atoms with Crippen LogP contribution in [0.2, 0.25) is 0 Å². The van der Waals surface area contributed by atoms with Crippen molar-refractivity contribution in [2.24, 2.45) is 0 Å². The number of benzene rings is 1. The second-order valence-corrected chi connectivity index (χ2v) is 4.10. The maximum Gasteiger partial charge on any atom is 0.0587 e. The number of nitrogens with one attached hydrogen (secondary N) is 1. The Labute approximate surface area is 105 Å². The predicted molar refractivity (Wildman–Crippen MR) is 72.1 cm³/mol. The Hall–Kier alpha value is -0.900. The van der Waals surface area contributed by atoms with Crippen LogP contribution < -0.4 is 5.32 Å². The molecule has 0 heterocycles. The van der Waals surface area contributed by atoms with Crippen molar-refractivity contribution in [2.75, 3.05) is 39.9 Å². The summed E-state index contributed by atoms with van der Waals surface area (Å²) in [6.45, 7) is 8.13. The van der Waals surface area contributed by atoms with Crippen LogP contribution in [0, 0.1) is 0 Å². The fourth-order valence-electron chi connectivity index (χ4n) is 1.73. The highest BCUT2D eigenvalue weighted by atomic mass is 16.5. The monoisotopic (exact) mass is 236 g/mol. The van der Waals surface area contributed by atoms with Gasteiger partial charge in [-0.15, -0.1) is 0 Å². The van der Waals surface area contributed by atoms with Gasteiger partial charge in [-0.05, 0) is 12.1 Å². The highest BCUT2D eigenvalue weighted by molar-refractivity contribution is 5.14. The van der Waals surface area contributed by atoms with Gasteiger partial charge in [0.15, 0.2) is 0 Å². The van der Waals surface area contributed by atoms with Crippen molar-refractivity contribution in [3.8, 4) is 0 Å². The van der Waals surface area contributed by atoms with Gasteiger partial charge in [-0.3, -0.25) is 4.90 Å². The van der Waals surface area contributed by atoms with Gasteiger partial charge >= 0.3 is 0 Å². The van der Waals surface area contributed by atoms with E-state index in [2.05, 4.69) is 47.5 Å². The van der Waals surface area contributed by atoms with Crippen LogP contribution in [0.3, 0.4) is 0 Å². The molecule has 1 N–H and O–H groups in total. The number of ether oxygens (including phenoxy) is 1. The largest absolute Gasteiger partial charge is 0.383 e. The van der Waals surface area contributed by atoms with Crippen LogP contribution in [0.25, 0.3) is 0 Å². The molecule has 1 aromatic carbocycles. The lowest BCUT2D eigenvalue weighted by Crippen LogP contribution is -2.32. The summed E-state index contributed by atoms with van der Waals surface area (Å²) in [7, 11) is 1.73. The molecule has 0 saturated heterocycles. The number of hydrogen-bond donors (Lipinski definition) is 1. The van der Waals surface area contributed by atoms with Crippen molar-refractivity contribution in [3.05, 3.63) is 35.9 Å². The van der Waals surface area contributed by atoms with Crippen LogP contribution in [0.1, 0.15) is 12.5 Å². The fraction of sp³-hybridized carbons (Fsp3) is 0.571. The number of likely N-dealkylation sites (N-methyl/N-ethyl adjacent to an activating group) is 1. The van der Waals surface area contributed by atoms with Crippen LogP contribution in [0.15, 0.2) is 30.3 Å². The third-order valence-corrected chi connectivity index (χ3v) is 2.78. The average Bonchev–Trinajstić information content (AvgIpc) is 2.38. The topological polar surface area (TPSA) is 24.5 Å². The molecule has 0 amide bonds. The van der Waals surface area contributed by atoms with E-state index in [0.29, 0.717) is 0 Å². The number of nitrogens with zero attached hydrogens (tertiary/aromatic N) is 1. The van der Waals surface area contributed by atoms with Crippen molar-refractivity contribution in [2.45, 2.75) is 13.5 Å². The third-order valence-electron chi connectivity index (χ3n) is 2.78. The van der Waals surface area contributed by atoms with Gasteiger partial charge in [-0.1, -0.05) is 37.3 Å². The molecule has 0 aromatic heterocycles. The quantitative estimate of drug-likeness (QED) is 0.661. The van der Waals surface area contributed by atoms with E-state index < -0.39 is 0 Å². The molecule has 0 aliphatic heterocycles. The first-order chi connectivity index (χ1) is 8.36. The Bertz CT molecular complexity index is 277. The van der Waals surface area contributed by atoms with E-state index >= 15 is 0 Å². The Morgan fingerprint density at radius 2 is 1.94 bits per heavy atom. The lowest BCUT2D eigenvalue weighted by Gasteiger charge is -2.20. The third kappa shape index (κ3) is 6.41. The van der Waals surface area contributed by atoms with Crippen molar-refractivity contribution >= 4 is 0 Å². The molecule has 17 heavy (non-hydrogen) atoms. The summed E-state index contributed by atoms with van der Waals surface area (Å²) in [6.07, 6.45) is 0. The van der Waals surface area contributed by atoms with Crippen molar-refractivity contribution in [1.82, 2.24) is 10.2 Å². The second-order valence-electron chi connectivity index (χ2n) is 4.10. The maximum atomic E-state index is 4.99. The first kappa shape index (κ1) is 14.2. The molecule has 0 atom stereocenters. The molecule has 96 valence electrons. The SMILES string of the molecule is CCN(CCNCCOC)Cc1ccccc1.